The lowest BCUT2D eigenvalue weighted by Gasteiger charge is -2.24. The number of rotatable bonds is 7. The molecule has 1 saturated heterocycles. The summed E-state index contributed by atoms with van der Waals surface area (Å²) in [6.07, 6.45) is 3.35. The number of halogens is 1. The normalized spacial score (nSPS) is 15.5. The summed E-state index contributed by atoms with van der Waals surface area (Å²) in [6, 6.07) is 15.5. The monoisotopic (exact) mass is 436 g/mol. The largest absolute Gasteiger partial charge is 0.347 e. The molecule has 32 heavy (non-hydrogen) atoms. The summed E-state index contributed by atoms with van der Waals surface area (Å²) in [5.41, 5.74) is 2.07. The van der Waals surface area contributed by atoms with E-state index in [1.54, 1.807) is 27.9 Å². The van der Waals surface area contributed by atoms with Gasteiger partial charge in [-0.15, -0.1) is 5.10 Å². The zero-order valence-corrected chi connectivity index (χ0v) is 17.6. The SMILES string of the molecule is O=C(NCc1ccccc1)c1cn(C[C@@H]2CCCN2C(=O)NCc2ccc(F)cc2)nn1. The van der Waals surface area contributed by atoms with Crippen LogP contribution in [0.3, 0.4) is 0 Å². The quantitative estimate of drug-likeness (QED) is 0.596. The number of benzene rings is 2. The van der Waals surface area contributed by atoms with Crippen LogP contribution in [-0.4, -0.2) is 44.4 Å². The van der Waals surface area contributed by atoms with Crippen LogP contribution in [0.5, 0.6) is 0 Å². The molecular formula is C23H25FN6O2. The minimum Gasteiger partial charge on any atom is -0.347 e. The summed E-state index contributed by atoms with van der Waals surface area (Å²) in [7, 11) is 0. The first-order chi connectivity index (χ1) is 15.6. The van der Waals surface area contributed by atoms with Crippen LogP contribution in [0.4, 0.5) is 9.18 Å². The van der Waals surface area contributed by atoms with E-state index in [-0.39, 0.29) is 29.5 Å². The fourth-order valence-electron chi connectivity index (χ4n) is 3.75. The molecule has 2 heterocycles. The van der Waals surface area contributed by atoms with Crippen LogP contribution < -0.4 is 10.6 Å². The molecule has 0 saturated carbocycles. The predicted molar refractivity (Wildman–Crippen MR) is 116 cm³/mol. The molecular weight excluding hydrogens is 411 g/mol. The Morgan fingerprint density at radius 1 is 1.00 bits per heavy atom. The standard InChI is InChI=1S/C23H25FN6O2/c24-19-10-8-18(9-11-19)14-26-23(32)30-12-4-7-20(30)15-29-16-21(27-28-29)22(31)25-13-17-5-2-1-3-6-17/h1-3,5-6,8-11,16,20H,4,7,12-15H2,(H,25,31)(H,26,32)/t20-/m0/s1. The van der Waals surface area contributed by atoms with Crippen LogP contribution in [0, 0.1) is 5.82 Å². The maximum Gasteiger partial charge on any atom is 0.317 e. The maximum absolute atomic E-state index is 13.0. The molecule has 0 unspecified atom stereocenters. The second kappa shape index (κ2) is 10.0. The number of nitrogens with one attached hydrogen (secondary N) is 2. The van der Waals surface area contributed by atoms with Crippen LogP contribution in [0.15, 0.2) is 60.8 Å². The van der Waals surface area contributed by atoms with E-state index in [0.29, 0.717) is 26.2 Å². The number of amides is 3. The molecule has 8 nitrogen and oxygen atoms in total. The van der Waals surface area contributed by atoms with Crippen molar-refractivity contribution in [2.24, 2.45) is 0 Å². The number of hydrogen-bond donors (Lipinski definition) is 2. The van der Waals surface area contributed by atoms with E-state index in [0.717, 1.165) is 24.0 Å². The Bertz CT molecular complexity index is 1050. The van der Waals surface area contributed by atoms with Gasteiger partial charge in [0, 0.05) is 19.6 Å². The molecule has 0 bridgehead atoms. The zero-order valence-electron chi connectivity index (χ0n) is 17.6. The van der Waals surface area contributed by atoms with Crippen molar-refractivity contribution < 1.29 is 14.0 Å². The van der Waals surface area contributed by atoms with Crippen LogP contribution >= 0.6 is 0 Å². The molecule has 1 atom stereocenters. The van der Waals surface area contributed by atoms with Gasteiger partial charge in [-0.3, -0.25) is 4.79 Å². The Labute approximate surface area is 185 Å². The highest BCUT2D eigenvalue weighted by atomic mass is 19.1. The van der Waals surface area contributed by atoms with Crippen molar-refractivity contribution in [2.45, 2.75) is 38.5 Å². The Balaban J connectivity index is 1.29. The number of nitrogens with zero attached hydrogens (tertiary/aromatic N) is 4. The van der Waals surface area contributed by atoms with E-state index in [1.165, 1.54) is 12.1 Å². The fourth-order valence-corrected chi connectivity index (χ4v) is 3.75. The highest BCUT2D eigenvalue weighted by molar-refractivity contribution is 5.91. The third-order valence-corrected chi connectivity index (χ3v) is 5.46. The van der Waals surface area contributed by atoms with Gasteiger partial charge >= 0.3 is 6.03 Å². The first-order valence-corrected chi connectivity index (χ1v) is 10.6. The van der Waals surface area contributed by atoms with E-state index in [9.17, 15) is 14.0 Å². The highest BCUT2D eigenvalue weighted by Crippen LogP contribution is 2.19. The number of carbonyl (C=O) groups is 2. The van der Waals surface area contributed by atoms with E-state index in [2.05, 4.69) is 20.9 Å². The minimum absolute atomic E-state index is 0.0369. The van der Waals surface area contributed by atoms with Gasteiger partial charge in [0.1, 0.15) is 5.82 Å². The molecule has 1 aliphatic rings. The van der Waals surface area contributed by atoms with Crippen molar-refractivity contribution in [2.75, 3.05) is 6.54 Å². The van der Waals surface area contributed by atoms with Gasteiger partial charge in [0.25, 0.3) is 5.91 Å². The summed E-state index contributed by atoms with van der Waals surface area (Å²) >= 11 is 0. The first-order valence-electron chi connectivity index (χ1n) is 10.6. The van der Waals surface area contributed by atoms with Gasteiger partial charge in [-0.1, -0.05) is 47.7 Å². The molecule has 1 fully saturated rings. The molecule has 4 rings (SSSR count). The van der Waals surface area contributed by atoms with Crippen LogP contribution in [0.2, 0.25) is 0 Å². The number of aromatic nitrogens is 3. The molecule has 2 aromatic carbocycles. The third-order valence-electron chi connectivity index (χ3n) is 5.46. The second-order valence-corrected chi connectivity index (χ2v) is 7.77. The smallest absolute Gasteiger partial charge is 0.317 e. The van der Waals surface area contributed by atoms with Crippen molar-refractivity contribution in [1.82, 2.24) is 30.5 Å². The number of hydrogen-bond acceptors (Lipinski definition) is 4. The molecule has 0 aliphatic carbocycles. The van der Waals surface area contributed by atoms with E-state index < -0.39 is 0 Å². The molecule has 2 N–H and O–H groups in total. The van der Waals surface area contributed by atoms with Crippen LogP contribution in [-0.2, 0) is 19.6 Å². The van der Waals surface area contributed by atoms with Gasteiger partial charge in [0.15, 0.2) is 5.69 Å². The van der Waals surface area contributed by atoms with Gasteiger partial charge in [-0.2, -0.15) is 0 Å². The van der Waals surface area contributed by atoms with Gasteiger partial charge in [-0.25, -0.2) is 13.9 Å². The van der Waals surface area contributed by atoms with Crippen molar-refractivity contribution in [3.63, 3.8) is 0 Å². The molecule has 3 amide bonds. The maximum atomic E-state index is 13.0. The summed E-state index contributed by atoms with van der Waals surface area (Å²) in [4.78, 5) is 26.8. The van der Waals surface area contributed by atoms with Gasteiger partial charge in [-0.05, 0) is 36.1 Å². The Hall–Kier alpha value is -3.75. The molecule has 0 radical (unpaired) electrons. The molecule has 9 heteroatoms. The fraction of sp³-hybridized carbons (Fsp3) is 0.304. The van der Waals surface area contributed by atoms with E-state index in [1.807, 2.05) is 30.3 Å². The summed E-state index contributed by atoms with van der Waals surface area (Å²) < 4.78 is 14.6. The lowest BCUT2D eigenvalue weighted by molar-refractivity contribution is 0.0945. The minimum atomic E-state index is -0.305. The molecule has 3 aromatic rings. The van der Waals surface area contributed by atoms with Crippen molar-refractivity contribution in [3.05, 3.63) is 83.4 Å². The molecule has 0 spiro atoms. The lowest BCUT2D eigenvalue weighted by Crippen LogP contribution is -2.44. The Morgan fingerprint density at radius 3 is 2.50 bits per heavy atom. The number of carbonyl (C=O) groups excluding carboxylic acids is 2. The van der Waals surface area contributed by atoms with Gasteiger partial charge in [0.05, 0.1) is 18.8 Å². The predicted octanol–water partition coefficient (Wildman–Crippen LogP) is 2.72. The topological polar surface area (TPSA) is 92.2 Å². The first kappa shape index (κ1) is 21.5. The second-order valence-electron chi connectivity index (χ2n) is 7.77. The highest BCUT2D eigenvalue weighted by Gasteiger charge is 2.29. The molecule has 166 valence electrons. The van der Waals surface area contributed by atoms with Crippen LogP contribution in [0.25, 0.3) is 0 Å². The number of likely N-dealkylation sites (tertiary alicyclic amines) is 1. The van der Waals surface area contributed by atoms with Gasteiger partial charge in [0.2, 0.25) is 0 Å². The van der Waals surface area contributed by atoms with Gasteiger partial charge < -0.3 is 15.5 Å². The Morgan fingerprint density at radius 2 is 1.72 bits per heavy atom. The van der Waals surface area contributed by atoms with Crippen molar-refractivity contribution in [3.8, 4) is 0 Å². The van der Waals surface area contributed by atoms with E-state index >= 15 is 0 Å². The Kier molecular flexibility index (Phi) is 6.74. The summed E-state index contributed by atoms with van der Waals surface area (Å²) in [5.74, 6) is -0.596. The summed E-state index contributed by atoms with van der Waals surface area (Å²) in [6.45, 7) is 1.86. The zero-order chi connectivity index (χ0) is 22.3. The van der Waals surface area contributed by atoms with E-state index in [4.69, 9.17) is 0 Å². The lowest BCUT2D eigenvalue weighted by atomic mass is 10.2. The van der Waals surface area contributed by atoms with Crippen molar-refractivity contribution in [1.29, 1.82) is 0 Å². The third kappa shape index (κ3) is 5.48. The van der Waals surface area contributed by atoms with Crippen LogP contribution in [0.1, 0.15) is 34.5 Å². The average molecular weight is 436 g/mol. The number of urea groups is 1. The molecule has 1 aromatic heterocycles. The molecule has 1 aliphatic heterocycles. The average Bonchev–Trinajstić information content (AvgIpc) is 3.48. The summed E-state index contributed by atoms with van der Waals surface area (Å²) in [5, 5.41) is 13.8. The van der Waals surface area contributed by atoms with Crippen molar-refractivity contribution >= 4 is 11.9 Å².